The van der Waals surface area contributed by atoms with Crippen molar-refractivity contribution >= 4 is 17.7 Å². The van der Waals surface area contributed by atoms with Crippen LogP contribution in [0.25, 0.3) is 0 Å². The number of rotatable bonds is 5. The van der Waals surface area contributed by atoms with E-state index in [4.69, 9.17) is 5.11 Å². The lowest BCUT2D eigenvalue weighted by Gasteiger charge is -2.15. The van der Waals surface area contributed by atoms with Crippen LogP contribution in [0.5, 0.6) is 0 Å². The molecule has 0 bridgehead atoms. The van der Waals surface area contributed by atoms with E-state index in [1.807, 2.05) is 32.9 Å². The summed E-state index contributed by atoms with van der Waals surface area (Å²) < 4.78 is 0. The van der Waals surface area contributed by atoms with Gasteiger partial charge in [0.1, 0.15) is 5.25 Å². The Kier molecular flexibility index (Phi) is 4.80. The minimum atomic E-state index is -0.742. The highest BCUT2D eigenvalue weighted by atomic mass is 32.2. The fraction of sp³-hybridized carbons (Fsp3) is 0.500. The summed E-state index contributed by atoms with van der Waals surface area (Å²) in [6.07, 6.45) is 1.74. The van der Waals surface area contributed by atoms with Crippen LogP contribution >= 0.6 is 11.8 Å². The maximum atomic E-state index is 11.0. The highest BCUT2D eigenvalue weighted by Crippen LogP contribution is 2.24. The van der Waals surface area contributed by atoms with Crippen molar-refractivity contribution in [1.29, 1.82) is 0 Å². The third-order valence-electron chi connectivity index (χ3n) is 2.37. The number of carboxylic acid groups (broad SMARTS) is 1. The van der Waals surface area contributed by atoms with Gasteiger partial charge in [-0.15, -0.1) is 11.8 Å². The molecular formula is C12H17NO2S. The molecule has 1 heterocycles. The zero-order valence-electron chi connectivity index (χ0n) is 9.80. The van der Waals surface area contributed by atoms with E-state index in [1.165, 1.54) is 11.8 Å². The van der Waals surface area contributed by atoms with Crippen LogP contribution in [0, 0.1) is 12.8 Å². The quantitative estimate of drug-likeness (QED) is 0.858. The lowest BCUT2D eigenvalue weighted by Crippen LogP contribution is -2.22. The monoisotopic (exact) mass is 239 g/mol. The second-order valence-corrected chi connectivity index (χ2v) is 5.21. The number of aromatic nitrogens is 1. The van der Waals surface area contributed by atoms with E-state index in [0.29, 0.717) is 5.75 Å². The summed E-state index contributed by atoms with van der Waals surface area (Å²) >= 11 is 1.44. The van der Waals surface area contributed by atoms with Crippen LogP contribution in [-0.2, 0) is 10.5 Å². The van der Waals surface area contributed by atoms with Crippen LogP contribution in [0.15, 0.2) is 18.3 Å². The van der Waals surface area contributed by atoms with Crippen molar-refractivity contribution in [3.63, 3.8) is 0 Å². The standard InChI is InChI=1S/C12H17NO2S/c1-8(2)11(12(14)15)16-7-10-9(3)5-4-6-13-10/h4-6,8,11H,7H2,1-3H3,(H,14,15). The number of nitrogens with zero attached hydrogens (tertiary/aromatic N) is 1. The van der Waals surface area contributed by atoms with Crippen LogP contribution in [0.4, 0.5) is 0 Å². The molecule has 0 aromatic carbocycles. The van der Waals surface area contributed by atoms with E-state index in [-0.39, 0.29) is 11.2 Å². The Morgan fingerprint density at radius 3 is 2.75 bits per heavy atom. The predicted octanol–water partition coefficient (Wildman–Crippen LogP) is 2.73. The summed E-state index contributed by atoms with van der Waals surface area (Å²) in [6, 6.07) is 3.88. The number of pyridine rings is 1. The number of carboxylic acids is 1. The van der Waals surface area contributed by atoms with Gasteiger partial charge in [-0.05, 0) is 24.5 Å². The normalized spacial score (nSPS) is 12.8. The minimum Gasteiger partial charge on any atom is -0.480 e. The number of hydrogen-bond acceptors (Lipinski definition) is 3. The van der Waals surface area contributed by atoms with Crippen molar-refractivity contribution < 1.29 is 9.90 Å². The average molecular weight is 239 g/mol. The minimum absolute atomic E-state index is 0.131. The van der Waals surface area contributed by atoms with E-state index in [9.17, 15) is 4.79 Å². The molecule has 4 heteroatoms. The first-order valence-electron chi connectivity index (χ1n) is 5.27. The van der Waals surface area contributed by atoms with Crippen molar-refractivity contribution in [2.75, 3.05) is 0 Å². The molecule has 0 radical (unpaired) electrons. The largest absolute Gasteiger partial charge is 0.480 e. The molecule has 0 aliphatic carbocycles. The van der Waals surface area contributed by atoms with Gasteiger partial charge < -0.3 is 5.11 Å². The maximum Gasteiger partial charge on any atom is 0.316 e. The summed E-state index contributed by atoms with van der Waals surface area (Å²) in [5.41, 5.74) is 2.09. The van der Waals surface area contributed by atoms with E-state index in [0.717, 1.165) is 11.3 Å². The molecule has 1 aromatic heterocycles. The fourth-order valence-corrected chi connectivity index (χ4v) is 2.55. The number of hydrogen-bond donors (Lipinski definition) is 1. The number of carbonyl (C=O) groups is 1. The summed E-state index contributed by atoms with van der Waals surface area (Å²) in [6.45, 7) is 5.85. The molecule has 1 rings (SSSR count). The molecule has 0 fully saturated rings. The van der Waals surface area contributed by atoms with Crippen molar-refractivity contribution in [3.8, 4) is 0 Å². The zero-order valence-corrected chi connectivity index (χ0v) is 10.6. The van der Waals surface area contributed by atoms with E-state index in [2.05, 4.69) is 4.98 Å². The third-order valence-corrected chi connectivity index (χ3v) is 3.91. The first-order valence-corrected chi connectivity index (χ1v) is 6.32. The highest BCUT2D eigenvalue weighted by Gasteiger charge is 2.22. The average Bonchev–Trinajstić information content (AvgIpc) is 2.20. The molecule has 16 heavy (non-hydrogen) atoms. The van der Waals surface area contributed by atoms with Crippen LogP contribution < -0.4 is 0 Å². The summed E-state index contributed by atoms with van der Waals surface area (Å²) in [5.74, 6) is 0.0436. The van der Waals surface area contributed by atoms with Crippen molar-refractivity contribution in [1.82, 2.24) is 4.98 Å². The molecular weight excluding hydrogens is 222 g/mol. The second kappa shape index (κ2) is 5.89. The predicted molar refractivity (Wildman–Crippen MR) is 66.5 cm³/mol. The number of aryl methyl sites for hydroxylation is 1. The molecule has 1 aromatic rings. The molecule has 0 saturated heterocycles. The Labute approximate surface area is 100 Å². The second-order valence-electron chi connectivity index (χ2n) is 4.08. The van der Waals surface area contributed by atoms with Crippen molar-refractivity contribution in [2.45, 2.75) is 31.8 Å². The Morgan fingerprint density at radius 1 is 1.56 bits per heavy atom. The van der Waals surface area contributed by atoms with Gasteiger partial charge in [-0.2, -0.15) is 0 Å². The van der Waals surface area contributed by atoms with Gasteiger partial charge in [0.25, 0.3) is 0 Å². The third kappa shape index (κ3) is 3.52. The van der Waals surface area contributed by atoms with Crippen LogP contribution in [0.1, 0.15) is 25.1 Å². The Balaban J connectivity index is 2.63. The molecule has 0 aliphatic heterocycles. The maximum absolute atomic E-state index is 11.0. The van der Waals surface area contributed by atoms with E-state index < -0.39 is 5.97 Å². The molecule has 88 valence electrons. The SMILES string of the molecule is Cc1cccnc1CSC(C(=O)O)C(C)C. The van der Waals surface area contributed by atoms with Gasteiger partial charge in [-0.3, -0.25) is 9.78 Å². The first-order chi connectivity index (χ1) is 7.52. The molecule has 0 aliphatic rings. The van der Waals surface area contributed by atoms with Gasteiger partial charge in [-0.1, -0.05) is 19.9 Å². The van der Waals surface area contributed by atoms with Gasteiger partial charge in [-0.25, -0.2) is 0 Å². The zero-order chi connectivity index (χ0) is 12.1. The highest BCUT2D eigenvalue weighted by molar-refractivity contribution is 7.99. The van der Waals surface area contributed by atoms with Crippen LogP contribution in [0.3, 0.4) is 0 Å². The number of thioether (sulfide) groups is 1. The Hall–Kier alpha value is -1.03. The van der Waals surface area contributed by atoms with E-state index >= 15 is 0 Å². The summed E-state index contributed by atoms with van der Waals surface area (Å²) in [4.78, 5) is 15.3. The summed E-state index contributed by atoms with van der Waals surface area (Å²) in [5, 5.41) is 8.69. The topological polar surface area (TPSA) is 50.2 Å². The Morgan fingerprint density at radius 2 is 2.25 bits per heavy atom. The molecule has 0 saturated carbocycles. The fourth-order valence-electron chi connectivity index (χ4n) is 1.39. The lowest BCUT2D eigenvalue weighted by atomic mass is 10.1. The molecule has 3 nitrogen and oxygen atoms in total. The smallest absolute Gasteiger partial charge is 0.316 e. The van der Waals surface area contributed by atoms with Crippen LogP contribution in [-0.4, -0.2) is 21.3 Å². The van der Waals surface area contributed by atoms with Gasteiger partial charge in [0.05, 0.1) is 5.69 Å². The van der Waals surface area contributed by atoms with Crippen molar-refractivity contribution in [3.05, 3.63) is 29.6 Å². The first kappa shape index (κ1) is 13.0. The number of aliphatic carboxylic acids is 1. The molecule has 1 atom stereocenters. The van der Waals surface area contributed by atoms with Crippen LogP contribution in [0.2, 0.25) is 0 Å². The molecule has 0 amide bonds. The Bertz CT molecular complexity index is 366. The van der Waals surface area contributed by atoms with Gasteiger partial charge in [0.2, 0.25) is 0 Å². The molecule has 1 unspecified atom stereocenters. The van der Waals surface area contributed by atoms with E-state index in [1.54, 1.807) is 6.20 Å². The van der Waals surface area contributed by atoms with Gasteiger partial charge in [0, 0.05) is 11.9 Å². The van der Waals surface area contributed by atoms with Crippen molar-refractivity contribution in [2.24, 2.45) is 5.92 Å². The molecule has 0 spiro atoms. The van der Waals surface area contributed by atoms with Gasteiger partial charge >= 0.3 is 5.97 Å². The summed E-state index contributed by atoms with van der Waals surface area (Å²) in [7, 11) is 0. The lowest BCUT2D eigenvalue weighted by molar-refractivity contribution is -0.137. The molecule has 1 N–H and O–H groups in total. The van der Waals surface area contributed by atoms with Gasteiger partial charge in [0.15, 0.2) is 0 Å².